The molecule has 0 radical (unpaired) electrons. The molecule has 0 saturated carbocycles. The van der Waals surface area contributed by atoms with E-state index in [0.717, 1.165) is 12.5 Å². The van der Waals surface area contributed by atoms with Gasteiger partial charge in [-0.05, 0) is 43.7 Å². The van der Waals surface area contributed by atoms with E-state index in [1.807, 2.05) is 13.8 Å². The van der Waals surface area contributed by atoms with Crippen LogP contribution in [0.2, 0.25) is 0 Å². The summed E-state index contributed by atoms with van der Waals surface area (Å²) in [7, 11) is 0. The third-order valence-corrected chi connectivity index (χ3v) is 6.19. The summed E-state index contributed by atoms with van der Waals surface area (Å²) in [6, 6.07) is 1.31. The van der Waals surface area contributed by atoms with Gasteiger partial charge >= 0.3 is 0 Å². The Labute approximate surface area is 202 Å². The van der Waals surface area contributed by atoms with Crippen molar-refractivity contribution in [2.75, 3.05) is 6.54 Å². The van der Waals surface area contributed by atoms with E-state index < -0.39 is 35.5 Å². The molecule has 1 saturated heterocycles. The minimum Gasteiger partial charge on any atom is -0.356 e. The Kier molecular flexibility index (Phi) is 8.58. The molecule has 3 amide bonds. The van der Waals surface area contributed by atoms with Gasteiger partial charge in [0.05, 0.1) is 11.6 Å². The van der Waals surface area contributed by atoms with Crippen LogP contribution < -0.4 is 16.0 Å². The molecule has 1 aliphatic heterocycles. The Balaban J connectivity index is 1.76. The molecule has 0 unspecified atom stereocenters. The first-order valence-electron chi connectivity index (χ1n) is 12.0. The number of hydrogen-bond acceptors (Lipinski definition) is 4. The fraction of sp³-hybridized carbons (Fsp3) is 0.520. The predicted octanol–water partition coefficient (Wildman–Crippen LogP) is 2.97. The maximum atomic E-state index is 14.0. The number of carbonyl (C=O) groups excluding carboxylic acids is 4. The lowest BCUT2D eigenvalue weighted by Gasteiger charge is -2.28. The average molecular weight is 491 g/mol. The molecule has 1 aliphatic rings. The monoisotopic (exact) mass is 490 g/mol. The number of piperidine rings is 1. The maximum absolute atomic E-state index is 14.0. The first-order chi connectivity index (χ1) is 16.6. The molecule has 1 fully saturated rings. The quantitative estimate of drug-likeness (QED) is 0.409. The number of aromatic nitrogens is 1. The highest BCUT2D eigenvalue weighted by Gasteiger charge is 2.32. The minimum absolute atomic E-state index is 0.0132. The smallest absolute Gasteiger partial charge is 0.268 e. The lowest BCUT2D eigenvalue weighted by Crippen LogP contribution is -2.53. The Morgan fingerprint density at radius 2 is 1.86 bits per heavy atom. The molecule has 190 valence electrons. The zero-order valence-corrected chi connectivity index (χ0v) is 20.2. The van der Waals surface area contributed by atoms with Gasteiger partial charge in [0.25, 0.3) is 5.91 Å². The van der Waals surface area contributed by atoms with E-state index >= 15 is 0 Å². The largest absolute Gasteiger partial charge is 0.356 e. The fourth-order valence-electron chi connectivity index (χ4n) is 4.36. The van der Waals surface area contributed by atoms with Crippen molar-refractivity contribution in [3.63, 3.8) is 0 Å². The zero-order valence-electron chi connectivity index (χ0n) is 20.2. The molecule has 0 spiro atoms. The van der Waals surface area contributed by atoms with Crippen LogP contribution in [0.3, 0.4) is 0 Å². The Morgan fingerprint density at radius 3 is 2.51 bits per heavy atom. The summed E-state index contributed by atoms with van der Waals surface area (Å²) in [5.74, 6) is -3.46. The van der Waals surface area contributed by atoms with Crippen molar-refractivity contribution in [3.05, 3.63) is 35.5 Å². The molecule has 0 aliphatic carbocycles. The maximum Gasteiger partial charge on any atom is 0.268 e. The van der Waals surface area contributed by atoms with Crippen molar-refractivity contribution >= 4 is 34.4 Å². The van der Waals surface area contributed by atoms with Gasteiger partial charge in [-0.1, -0.05) is 20.8 Å². The predicted molar refractivity (Wildman–Crippen MR) is 127 cm³/mol. The van der Waals surface area contributed by atoms with Gasteiger partial charge < -0.3 is 20.9 Å². The number of Topliss-reactive ketones (excluding diaryl/α,β-unsaturated/α-hetero) is 1. The minimum atomic E-state index is -0.970. The van der Waals surface area contributed by atoms with Crippen molar-refractivity contribution in [3.8, 4) is 0 Å². The van der Waals surface area contributed by atoms with Crippen LogP contribution in [0.5, 0.6) is 0 Å². The first-order valence-corrected chi connectivity index (χ1v) is 12.0. The van der Waals surface area contributed by atoms with E-state index in [1.165, 1.54) is 6.07 Å². The van der Waals surface area contributed by atoms with Gasteiger partial charge in [0.1, 0.15) is 23.4 Å². The number of benzene rings is 1. The number of fused-ring (bicyclic) bond motifs is 1. The van der Waals surface area contributed by atoms with Crippen LogP contribution in [0.4, 0.5) is 8.78 Å². The molecule has 3 rings (SSSR count). The Bertz CT molecular complexity index is 1110. The summed E-state index contributed by atoms with van der Waals surface area (Å²) in [4.78, 5) is 53.4. The lowest BCUT2D eigenvalue weighted by molar-refractivity contribution is -0.131. The topological polar surface area (TPSA) is 120 Å². The van der Waals surface area contributed by atoms with E-state index in [9.17, 15) is 28.0 Å². The second-order valence-corrected chi connectivity index (χ2v) is 9.44. The number of aromatic amines is 1. The van der Waals surface area contributed by atoms with Crippen molar-refractivity contribution in [2.45, 2.75) is 65.0 Å². The number of ketones is 1. The molecule has 2 heterocycles. The molecule has 1 aromatic carbocycles. The van der Waals surface area contributed by atoms with Gasteiger partial charge in [-0.2, -0.15) is 0 Å². The molecule has 1 aromatic heterocycles. The van der Waals surface area contributed by atoms with Crippen LogP contribution in [-0.2, 0) is 14.4 Å². The number of amides is 3. The number of nitrogens with one attached hydrogen (secondary N) is 4. The first kappa shape index (κ1) is 26.3. The van der Waals surface area contributed by atoms with Crippen molar-refractivity contribution in [1.82, 2.24) is 20.9 Å². The summed E-state index contributed by atoms with van der Waals surface area (Å²) >= 11 is 0. The van der Waals surface area contributed by atoms with Gasteiger partial charge in [-0.25, -0.2) is 8.78 Å². The molecule has 2 aromatic rings. The summed E-state index contributed by atoms with van der Waals surface area (Å²) in [5.41, 5.74) is -0.0353. The third-order valence-electron chi connectivity index (χ3n) is 6.19. The van der Waals surface area contributed by atoms with Crippen LogP contribution in [-0.4, -0.2) is 47.1 Å². The number of H-pyrrole nitrogens is 1. The molecule has 0 bridgehead atoms. The summed E-state index contributed by atoms with van der Waals surface area (Å²) in [6.07, 6.45) is 2.12. The summed E-state index contributed by atoms with van der Waals surface area (Å²) in [6.45, 7) is 6.05. The van der Waals surface area contributed by atoms with Gasteiger partial charge in [0.2, 0.25) is 11.8 Å². The number of halogens is 2. The van der Waals surface area contributed by atoms with E-state index in [0.29, 0.717) is 19.0 Å². The van der Waals surface area contributed by atoms with Crippen LogP contribution in [0.25, 0.3) is 10.9 Å². The second-order valence-electron chi connectivity index (χ2n) is 9.44. The van der Waals surface area contributed by atoms with Gasteiger partial charge in [0, 0.05) is 30.3 Å². The van der Waals surface area contributed by atoms with Crippen molar-refractivity contribution in [1.29, 1.82) is 0 Å². The van der Waals surface area contributed by atoms with Crippen LogP contribution in [0, 0.1) is 23.5 Å². The second kappa shape index (κ2) is 11.4. The SMILES string of the molecule is CCC(=O)[C@H](C[C@@H]1CCCNC1=O)NC(=O)[C@H](CC(C)C)NC(=O)c1cc2cc(F)cc(F)c2[nH]1. The zero-order chi connectivity index (χ0) is 25.7. The molecule has 35 heavy (non-hydrogen) atoms. The van der Waals surface area contributed by atoms with Gasteiger partial charge in [-0.3, -0.25) is 19.2 Å². The summed E-state index contributed by atoms with van der Waals surface area (Å²) < 4.78 is 27.5. The molecule has 3 atom stereocenters. The van der Waals surface area contributed by atoms with Crippen LogP contribution >= 0.6 is 0 Å². The third kappa shape index (κ3) is 6.64. The highest BCUT2D eigenvalue weighted by molar-refractivity contribution is 6.01. The number of rotatable bonds is 10. The van der Waals surface area contributed by atoms with E-state index in [4.69, 9.17) is 0 Å². The van der Waals surface area contributed by atoms with Gasteiger partial charge in [0.15, 0.2) is 5.78 Å². The van der Waals surface area contributed by atoms with E-state index in [-0.39, 0.29) is 59.4 Å². The van der Waals surface area contributed by atoms with Crippen molar-refractivity contribution < 1.29 is 28.0 Å². The lowest BCUT2D eigenvalue weighted by atomic mass is 9.89. The normalized spacial score (nSPS) is 17.7. The molecule has 10 heteroatoms. The highest BCUT2D eigenvalue weighted by Crippen LogP contribution is 2.21. The number of carbonyl (C=O) groups is 4. The Hall–Kier alpha value is -3.30. The molecule has 8 nitrogen and oxygen atoms in total. The van der Waals surface area contributed by atoms with Gasteiger partial charge in [-0.15, -0.1) is 0 Å². The Morgan fingerprint density at radius 1 is 1.11 bits per heavy atom. The average Bonchev–Trinajstić information content (AvgIpc) is 3.23. The van der Waals surface area contributed by atoms with E-state index in [2.05, 4.69) is 20.9 Å². The molecular formula is C25H32F2N4O4. The number of hydrogen-bond donors (Lipinski definition) is 4. The molecular weight excluding hydrogens is 458 g/mol. The highest BCUT2D eigenvalue weighted by atomic mass is 19.1. The van der Waals surface area contributed by atoms with E-state index in [1.54, 1.807) is 6.92 Å². The van der Waals surface area contributed by atoms with Crippen molar-refractivity contribution in [2.24, 2.45) is 11.8 Å². The fourth-order valence-corrected chi connectivity index (χ4v) is 4.36. The molecule has 4 N–H and O–H groups in total. The standard InChI is InChI=1S/C25H32F2N4O4/c1-4-21(32)18(10-14-6-5-7-28-23(14)33)30-24(34)19(8-13(2)3)31-25(35)20-11-15-9-16(26)12-17(27)22(15)29-20/h9,11-14,18-19,29H,4-8,10H2,1-3H3,(H,28,33)(H,30,34)(H,31,35)/t14-,18-,19-/m0/s1. The van der Waals surface area contributed by atoms with Crippen LogP contribution in [0.15, 0.2) is 18.2 Å². The summed E-state index contributed by atoms with van der Waals surface area (Å²) in [5, 5.41) is 8.36. The van der Waals surface area contributed by atoms with Crippen LogP contribution in [0.1, 0.15) is 63.4 Å².